The van der Waals surface area contributed by atoms with Gasteiger partial charge in [-0.1, -0.05) is 0 Å². The van der Waals surface area contributed by atoms with Crippen molar-refractivity contribution >= 4 is 5.91 Å². The summed E-state index contributed by atoms with van der Waals surface area (Å²) in [6.45, 7) is 0. The van der Waals surface area contributed by atoms with Crippen LogP contribution in [0.5, 0.6) is 0 Å². The van der Waals surface area contributed by atoms with Gasteiger partial charge in [0.05, 0.1) is 12.4 Å². The molecule has 2 aliphatic rings. The van der Waals surface area contributed by atoms with Gasteiger partial charge in [-0.05, 0) is 18.4 Å². The van der Waals surface area contributed by atoms with Gasteiger partial charge in [-0.3, -0.25) is 4.79 Å². The molecule has 0 radical (unpaired) electrons. The Bertz CT molecular complexity index is 212. The quantitative estimate of drug-likeness (QED) is 0.530. The fraction of sp³-hybridized carbons (Fsp3) is 0.571. The van der Waals surface area contributed by atoms with Gasteiger partial charge in [0.2, 0.25) is 5.91 Å². The minimum Gasteiger partial charge on any atom is -0.349 e. The summed E-state index contributed by atoms with van der Waals surface area (Å²) >= 11 is 0. The summed E-state index contributed by atoms with van der Waals surface area (Å²) in [6.07, 6.45) is 2.06. The van der Waals surface area contributed by atoms with Gasteiger partial charge in [-0.25, -0.2) is 4.39 Å². The van der Waals surface area contributed by atoms with E-state index in [4.69, 9.17) is 0 Å². The molecular weight excluding hydrogens is 133 g/mol. The van der Waals surface area contributed by atoms with Crippen molar-refractivity contribution in [1.29, 1.82) is 0 Å². The van der Waals surface area contributed by atoms with E-state index in [2.05, 4.69) is 5.32 Å². The highest BCUT2D eigenvalue weighted by Gasteiger charge is 2.41. The summed E-state index contributed by atoms with van der Waals surface area (Å²) in [5.41, 5.74) is 0.754. The summed E-state index contributed by atoms with van der Waals surface area (Å²) < 4.78 is 12.0. The second-order valence-corrected chi connectivity index (χ2v) is 2.88. The Morgan fingerprint density at radius 3 is 2.90 bits per heavy atom. The van der Waals surface area contributed by atoms with Gasteiger partial charge in [0.1, 0.15) is 0 Å². The van der Waals surface area contributed by atoms with E-state index in [0.717, 1.165) is 12.0 Å². The topological polar surface area (TPSA) is 29.1 Å². The number of hydrogen-bond donors (Lipinski definition) is 1. The van der Waals surface area contributed by atoms with Gasteiger partial charge >= 0.3 is 0 Å². The maximum Gasteiger partial charge on any atom is 0.223 e. The Hall–Kier alpha value is -0.860. The highest BCUT2D eigenvalue weighted by atomic mass is 19.1. The average molecular weight is 141 g/mol. The van der Waals surface area contributed by atoms with Crippen LogP contribution >= 0.6 is 0 Å². The molecule has 1 N–H and O–H groups in total. The Morgan fingerprint density at radius 2 is 2.50 bits per heavy atom. The van der Waals surface area contributed by atoms with Crippen LogP contribution in [-0.4, -0.2) is 11.9 Å². The third-order valence-electron chi connectivity index (χ3n) is 2.28. The van der Waals surface area contributed by atoms with E-state index in [0.29, 0.717) is 12.8 Å². The number of halogens is 1. The first-order valence-corrected chi connectivity index (χ1v) is 3.41. The number of rotatable bonds is 0. The molecule has 10 heavy (non-hydrogen) atoms. The first-order valence-electron chi connectivity index (χ1n) is 3.41. The van der Waals surface area contributed by atoms with E-state index in [1.807, 2.05) is 0 Å². The fourth-order valence-corrected chi connectivity index (χ4v) is 1.71. The number of fused-ring (bicyclic) bond motifs is 2. The normalized spacial score (nSPS) is 40.9. The van der Waals surface area contributed by atoms with Gasteiger partial charge < -0.3 is 5.32 Å². The van der Waals surface area contributed by atoms with Crippen molar-refractivity contribution in [2.24, 2.45) is 5.92 Å². The van der Waals surface area contributed by atoms with E-state index in [-0.39, 0.29) is 17.9 Å². The van der Waals surface area contributed by atoms with E-state index in [1.165, 1.54) is 0 Å². The lowest BCUT2D eigenvalue weighted by atomic mass is 10.1. The molecule has 0 aromatic heterocycles. The minimum absolute atomic E-state index is 0.0162. The molecule has 54 valence electrons. The number of carbonyl (C=O) groups excluding carboxylic acids is 1. The van der Waals surface area contributed by atoms with E-state index >= 15 is 0 Å². The number of nitrogens with one attached hydrogen (secondary N) is 1. The van der Waals surface area contributed by atoms with Crippen molar-refractivity contribution in [1.82, 2.24) is 5.32 Å². The van der Waals surface area contributed by atoms with Gasteiger partial charge in [-0.15, -0.1) is 0 Å². The van der Waals surface area contributed by atoms with Crippen LogP contribution in [0, 0.1) is 5.92 Å². The Balaban J connectivity index is 2.24. The summed E-state index contributed by atoms with van der Waals surface area (Å²) in [7, 11) is 0. The SMILES string of the molecule is O=C1NC2C[C@@H]1C/C2=C/F. The Morgan fingerprint density at radius 1 is 1.70 bits per heavy atom. The summed E-state index contributed by atoms with van der Waals surface area (Å²) in [5.74, 6) is 0.155. The van der Waals surface area contributed by atoms with E-state index < -0.39 is 0 Å². The van der Waals surface area contributed by atoms with Crippen molar-refractivity contribution in [3.05, 3.63) is 11.9 Å². The van der Waals surface area contributed by atoms with Crippen molar-refractivity contribution in [2.45, 2.75) is 18.9 Å². The number of carbonyl (C=O) groups is 1. The van der Waals surface area contributed by atoms with Crippen LogP contribution in [0.25, 0.3) is 0 Å². The number of hydrogen-bond acceptors (Lipinski definition) is 1. The minimum atomic E-state index is 0.0162. The lowest BCUT2D eigenvalue weighted by Crippen LogP contribution is -2.31. The molecule has 1 amide bonds. The first kappa shape index (κ1) is 5.89. The van der Waals surface area contributed by atoms with Crippen LogP contribution in [-0.2, 0) is 4.79 Å². The monoisotopic (exact) mass is 141 g/mol. The molecule has 1 saturated carbocycles. The van der Waals surface area contributed by atoms with Gasteiger partial charge in [0.25, 0.3) is 0 Å². The zero-order valence-electron chi connectivity index (χ0n) is 5.43. The molecule has 1 unspecified atom stereocenters. The van der Waals surface area contributed by atoms with Crippen molar-refractivity contribution < 1.29 is 9.18 Å². The smallest absolute Gasteiger partial charge is 0.223 e. The molecule has 3 heteroatoms. The summed E-state index contributed by atoms with van der Waals surface area (Å²) in [6, 6.07) is 0.0162. The molecule has 2 fully saturated rings. The Kier molecular flexibility index (Phi) is 1.07. The fourth-order valence-electron chi connectivity index (χ4n) is 1.71. The number of piperidine rings is 1. The second kappa shape index (κ2) is 1.81. The molecule has 0 aromatic carbocycles. The van der Waals surface area contributed by atoms with Crippen LogP contribution < -0.4 is 5.32 Å². The maximum atomic E-state index is 12.0. The van der Waals surface area contributed by atoms with Crippen molar-refractivity contribution in [2.75, 3.05) is 0 Å². The molecular formula is C7H8FNO. The van der Waals surface area contributed by atoms with Crippen LogP contribution in [0.4, 0.5) is 4.39 Å². The van der Waals surface area contributed by atoms with Crippen LogP contribution in [0.1, 0.15) is 12.8 Å². The molecule has 2 bridgehead atoms. The third-order valence-corrected chi connectivity index (χ3v) is 2.28. The average Bonchev–Trinajstić information content (AvgIpc) is 2.44. The lowest BCUT2D eigenvalue weighted by Gasteiger charge is -2.12. The highest BCUT2D eigenvalue weighted by Crippen LogP contribution is 2.36. The van der Waals surface area contributed by atoms with Crippen LogP contribution in [0.2, 0.25) is 0 Å². The van der Waals surface area contributed by atoms with Gasteiger partial charge in [-0.2, -0.15) is 0 Å². The van der Waals surface area contributed by atoms with E-state index in [9.17, 15) is 9.18 Å². The molecule has 1 aliphatic heterocycles. The van der Waals surface area contributed by atoms with Crippen LogP contribution in [0.3, 0.4) is 0 Å². The van der Waals surface area contributed by atoms with Crippen molar-refractivity contribution in [3.63, 3.8) is 0 Å². The lowest BCUT2D eigenvalue weighted by molar-refractivity contribution is -0.123. The largest absolute Gasteiger partial charge is 0.349 e. The third kappa shape index (κ3) is 0.602. The molecule has 2 rings (SSSR count). The molecule has 2 atom stereocenters. The molecule has 2 nitrogen and oxygen atoms in total. The summed E-state index contributed by atoms with van der Waals surface area (Å²) in [4.78, 5) is 10.8. The molecule has 0 spiro atoms. The first-order chi connectivity index (χ1) is 4.81. The van der Waals surface area contributed by atoms with E-state index in [1.54, 1.807) is 0 Å². The second-order valence-electron chi connectivity index (χ2n) is 2.88. The molecule has 1 heterocycles. The predicted molar refractivity (Wildman–Crippen MR) is 33.8 cm³/mol. The number of amides is 1. The summed E-state index contributed by atoms with van der Waals surface area (Å²) in [5, 5.41) is 2.71. The molecule has 1 aliphatic carbocycles. The van der Waals surface area contributed by atoms with Crippen molar-refractivity contribution in [3.8, 4) is 0 Å². The van der Waals surface area contributed by atoms with Crippen LogP contribution in [0.15, 0.2) is 11.9 Å². The van der Waals surface area contributed by atoms with Gasteiger partial charge in [0.15, 0.2) is 0 Å². The standard InChI is InChI=1S/C7H8FNO/c8-3-5-1-4-2-6(5)9-7(4)10/h3-4,6H,1-2H2,(H,9,10)/b5-3-/t4-,6?/m0/s1. The maximum absolute atomic E-state index is 12.0. The predicted octanol–water partition coefficient (Wildman–Crippen LogP) is 0.748. The van der Waals surface area contributed by atoms with Gasteiger partial charge in [0, 0.05) is 5.92 Å². The molecule has 1 saturated heterocycles. The Labute approximate surface area is 58.1 Å². The molecule has 0 aromatic rings. The zero-order chi connectivity index (χ0) is 7.14. The highest BCUT2D eigenvalue weighted by molar-refractivity contribution is 5.84. The zero-order valence-corrected chi connectivity index (χ0v) is 5.43.